The van der Waals surface area contributed by atoms with E-state index in [0.717, 1.165) is 0 Å². The van der Waals surface area contributed by atoms with Gasteiger partial charge < -0.3 is 0 Å². The fraction of sp³-hybridized carbons (Fsp3) is 1.00. The van der Waals surface area contributed by atoms with Crippen molar-refractivity contribution in [1.82, 2.24) is 0 Å². The topological polar surface area (TPSA) is 9.23 Å². The van der Waals surface area contributed by atoms with Gasteiger partial charge in [0, 0.05) is 0 Å². The van der Waals surface area contributed by atoms with Crippen molar-refractivity contribution in [3.63, 3.8) is 0 Å². The van der Waals surface area contributed by atoms with E-state index in [1.807, 2.05) is 0 Å². The molecule has 1 nitrogen and oxygen atoms in total. The van der Waals surface area contributed by atoms with E-state index in [2.05, 4.69) is 41.5 Å². The average molecular weight is 317 g/mol. The molecule has 0 saturated heterocycles. The van der Waals surface area contributed by atoms with Crippen LogP contribution in [-0.2, 0) is 3.76 Å². The molecule has 0 radical (unpaired) electrons. The first-order valence-electron chi connectivity index (χ1n) is 8.09. The first-order valence-corrected chi connectivity index (χ1v) is 13.4. The summed E-state index contributed by atoms with van der Waals surface area (Å²) in [5, 5.41) is 4.27. The molecule has 0 unspecified atom stereocenters. The minimum atomic E-state index is -2.07. The van der Waals surface area contributed by atoms with Crippen molar-refractivity contribution in [2.45, 2.75) is 101 Å². The molecule has 0 heterocycles. The number of unbranched alkanes of at least 4 members (excludes halogenated alkanes) is 3. The quantitative estimate of drug-likeness (QED) is 0.439. The molecule has 0 aliphatic carbocycles. The van der Waals surface area contributed by atoms with Gasteiger partial charge in [0.2, 0.25) is 0 Å². The summed E-state index contributed by atoms with van der Waals surface area (Å²) in [7, 11) is 0. The van der Waals surface area contributed by atoms with Crippen molar-refractivity contribution < 1.29 is 3.76 Å². The van der Waals surface area contributed by atoms with Crippen LogP contribution in [0, 0.1) is 0 Å². The number of hydrogen-bond acceptors (Lipinski definition) is 1. The van der Waals surface area contributed by atoms with Crippen molar-refractivity contribution in [2.75, 3.05) is 0 Å². The molecule has 0 aliphatic heterocycles. The fourth-order valence-corrected chi connectivity index (χ4v) is 13.9. The van der Waals surface area contributed by atoms with Gasteiger partial charge in [-0.1, -0.05) is 0 Å². The molecule has 0 aromatic rings. The van der Waals surface area contributed by atoms with Gasteiger partial charge in [-0.15, -0.1) is 0 Å². The maximum absolute atomic E-state index is 6.72. The molecule has 0 aliphatic rings. The Bertz CT molecular complexity index is 174. The SMILES string of the molecule is CCC[CH2][Ge]([CH2]CCC)([CH2]CCC)[O]C(C)(C)C. The van der Waals surface area contributed by atoms with Crippen LogP contribution in [0.1, 0.15) is 80.1 Å². The van der Waals surface area contributed by atoms with Gasteiger partial charge in [-0.25, -0.2) is 0 Å². The van der Waals surface area contributed by atoms with Gasteiger partial charge in [0.05, 0.1) is 0 Å². The Morgan fingerprint density at radius 1 is 0.722 bits per heavy atom. The third kappa shape index (κ3) is 8.58. The first-order chi connectivity index (χ1) is 8.39. The van der Waals surface area contributed by atoms with Crippen molar-refractivity contribution in [3.05, 3.63) is 0 Å². The second-order valence-corrected chi connectivity index (χ2v) is 15.2. The molecule has 0 bridgehead atoms. The van der Waals surface area contributed by atoms with Crippen molar-refractivity contribution >= 4 is 13.6 Å². The third-order valence-electron chi connectivity index (χ3n) is 3.48. The molecule has 0 fully saturated rings. The summed E-state index contributed by atoms with van der Waals surface area (Å²) < 4.78 is 6.72. The standard InChI is InChI=1S/C16H36GeO/c1-7-10-13-17(14-11-8-2,15-12-9-3)18-16(4,5)6/h7-15H2,1-6H3. The van der Waals surface area contributed by atoms with Gasteiger partial charge in [0.25, 0.3) is 0 Å². The molecule has 0 aromatic carbocycles. The van der Waals surface area contributed by atoms with Crippen LogP contribution in [0.3, 0.4) is 0 Å². The zero-order chi connectivity index (χ0) is 14.1. The Morgan fingerprint density at radius 2 is 1.06 bits per heavy atom. The molecule has 18 heavy (non-hydrogen) atoms. The second kappa shape index (κ2) is 9.41. The van der Waals surface area contributed by atoms with Crippen LogP contribution in [-0.4, -0.2) is 19.2 Å². The zero-order valence-electron chi connectivity index (χ0n) is 13.8. The van der Waals surface area contributed by atoms with Crippen molar-refractivity contribution in [3.8, 4) is 0 Å². The van der Waals surface area contributed by atoms with Crippen molar-refractivity contribution in [1.29, 1.82) is 0 Å². The van der Waals surface area contributed by atoms with Crippen LogP contribution in [0.4, 0.5) is 0 Å². The van der Waals surface area contributed by atoms with E-state index in [1.54, 1.807) is 0 Å². The molecule has 0 atom stereocenters. The van der Waals surface area contributed by atoms with E-state index in [9.17, 15) is 0 Å². The summed E-state index contributed by atoms with van der Waals surface area (Å²) in [6.07, 6.45) is 8.09. The van der Waals surface area contributed by atoms with Gasteiger partial charge >= 0.3 is 119 Å². The number of hydrogen-bond donors (Lipinski definition) is 0. The molecule has 0 rings (SSSR count). The van der Waals surface area contributed by atoms with E-state index in [-0.39, 0.29) is 5.60 Å². The average Bonchev–Trinajstić information content (AvgIpc) is 2.29. The van der Waals surface area contributed by atoms with Gasteiger partial charge in [-0.3, -0.25) is 0 Å². The predicted octanol–water partition coefficient (Wildman–Crippen LogP) is 6.15. The number of rotatable bonds is 10. The molecule has 0 aromatic heterocycles. The molecule has 0 N–H and O–H groups in total. The van der Waals surface area contributed by atoms with Crippen LogP contribution < -0.4 is 0 Å². The molecular formula is C16H36GeO. The second-order valence-electron chi connectivity index (χ2n) is 6.71. The van der Waals surface area contributed by atoms with Gasteiger partial charge in [-0.2, -0.15) is 0 Å². The predicted molar refractivity (Wildman–Crippen MR) is 85.7 cm³/mol. The first kappa shape index (κ1) is 18.5. The summed E-state index contributed by atoms with van der Waals surface area (Å²) in [6.45, 7) is 13.7. The Hall–Kier alpha value is 0.503. The van der Waals surface area contributed by atoms with Crippen LogP contribution in [0.5, 0.6) is 0 Å². The Balaban J connectivity index is 4.73. The Kier molecular flexibility index (Phi) is 9.68. The molecule has 0 spiro atoms. The Morgan fingerprint density at radius 3 is 1.28 bits per heavy atom. The van der Waals surface area contributed by atoms with E-state index in [4.69, 9.17) is 3.76 Å². The molecular weight excluding hydrogens is 281 g/mol. The summed E-state index contributed by atoms with van der Waals surface area (Å²) in [6, 6.07) is 0. The molecule has 2 heteroatoms. The van der Waals surface area contributed by atoms with E-state index >= 15 is 0 Å². The van der Waals surface area contributed by atoms with Crippen LogP contribution in [0.15, 0.2) is 0 Å². The van der Waals surface area contributed by atoms with Crippen LogP contribution >= 0.6 is 0 Å². The molecule has 110 valence electrons. The third-order valence-corrected chi connectivity index (χ3v) is 13.6. The van der Waals surface area contributed by atoms with E-state index < -0.39 is 13.6 Å². The summed E-state index contributed by atoms with van der Waals surface area (Å²) >= 11 is -2.07. The minimum absolute atomic E-state index is 0.0647. The van der Waals surface area contributed by atoms with Gasteiger partial charge in [-0.05, 0) is 0 Å². The van der Waals surface area contributed by atoms with Crippen molar-refractivity contribution in [2.24, 2.45) is 0 Å². The summed E-state index contributed by atoms with van der Waals surface area (Å²) in [4.78, 5) is 0. The van der Waals surface area contributed by atoms with Gasteiger partial charge in [0.15, 0.2) is 0 Å². The van der Waals surface area contributed by atoms with Crippen LogP contribution in [0.25, 0.3) is 0 Å². The zero-order valence-corrected chi connectivity index (χ0v) is 15.9. The monoisotopic (exact) mass is 318 g/mol. The normalized spacial score (nSPS) is 13.0. The maximum atomic E-state index is 6.72. The van der Waals surface area contributed by atoms with E-state index in [0.29, 0.717) is 0 Å². The van der Waals surface area contributed by atoms with E-state index in [1.165, 1.54) is 54.3 Å². The van der Waals surface area contributed by atoms with Gasteiger partial charge in [0.1, 0.15) is 0 Å². The molecule has 0 amide bonds. The molecule has 0 saturated carbocycles. The summed E-state index contributed by atoms with van der Waals surface area (Å²) in [5.74, 6) is 0. The Labute approximate surface area is 119 Å². The van der Waals surface area contributed by atoms with Crippen LogP contribution in [0.2, 0.25) is 15.8 Å². The fourth-order valence-electron chi connectivity index (χ4n) is 2.67. The summed E-state index contributed by atoms with van der Waals surface area (Å²) in [5.41, 5.74) is 0.0647.